The lowest BCUT2D eigenvalue weighted by Gasteiger charge is -2.25. The molecule has 0 bridgehead atoms. The van der Waals surface area contributed by atoms with Gasteiger partial charge >= 0.3 is 0 Å². The van der Waals surface area contributed by atoms with Gasteiger partial charge in [0.15, 0.2) is 0 Å². The van der Waals surface area contributed by atoms with Gasteiger partial charge in [0.05, 0.1) is 0 Å². The van der Waals surface area contributed by atoms with Crippen LogP contribution in [0.1, 0.15) is 40.5 Å². The largest absolute Gasteiger partial charge is 0.396 e. The van der Waals surface area contributed by atoms with E-state index in [9.17, 15) is 0 Å². The van der Waals surface area contributed by atoms with E-state index in [1.807, 2.05) is 0 Å². The van der Waals surface area contributed by atoms with Crippen molar-refractivity contribution in [3.05, 3.63) is 0 Å². The van der Waals surface area contributed by atoms with E-state index in [4.69, 9.17) is 5.11 Å². The molecule has 0 aromatic rings. The molecule has 0 saturated heterocycles. The number of aliphatic hydroxyl groups is 1. The van der Waals surface area contributed by atoms with Gasteiger partial charge in [-0.25, -0.2) is 0 Å². The first kappa shape index (κ1) is 12.9. The van der Waals surface area contributed by atoms with Crippen LogP contribution in [-0.2, 0) is 0 Å². The van der Waals surface area contributed by atoms with Crippen molar-refractivity contribution >= 4 is 0 Å². The lowest BCUT2D eigenvalue weighted by molar-refractivity contribution is 0.207. The Morgan fingerprint density at radius 1 is 1.15 bits per heavy atom. The Hall–Kier alpha value is -0.0800. The van der Waals surface area contributed by atoms with Gasteiger partial charge in [-0.1, -0.05) is 27.7 Å². The lowest BCUT2D eigenvalue weighted by Crippen LogP contribution is -2.28. The summed E-state index contributed by atoms with van der Waals surface area (Å²) in [5, 5.41) is 8.71. The molecule has 13 heavy (non-hydrogen) atoms. The fraction of sp³-hybridized carbons (Fsp3) is 1.00. The smallest absolute Gasteiger partial charge is 0.0443 e. The summed E-state index contributed by atoms with van der Waals surface area (Å²) in [7, 11) is 0. The summed E-state index contributed by atoms with van der Waals surface area (Å²) in [5.74, 6) is 0. The molecule has 0 rings (SSSR count). The molecule has 2 nitrogen and oxygen atoms in total. The van der Waals surface area contributed by atoms with Gasteiger partial charge in [-0.05, 0) is 31.3 Å². The van der Waals surface area contributed by atoms with Gasteiger partial charge in [-0.3, -0.25) is 0 Å². The predicted molar refractivity (Wildman–Crippen MR) is 57.9 cm³/mol. The second kappa shape index (κ2) is 6.39. The Morgan fingerprint density at radius 2 is 1.77 bits per heavy atom. The number of hydrogen-bond donors (Lipinski definition) is 1. The summed E-state index contributed by atoms with van der Waals surface area (Å²) in [6.07, 6.45) is 2.13. The normalized spacial score (nSPS) is 12.5. The SMILES string of the molecule is CCN(CCCO)CCC(C)(C)C. The number of rotatable bonds is 6. The molecular weight excluding hydrogens is 162 g/mol. The molecule has 0 unspecified atom stereocenters. The number of aliphatic hydroxyl groups excluding tert-OH is 1. The first-order valence-electron chi connectivity index (χ1n) is 5.33. The van der Waals surface area contributed by atoms with Crippen LogP contribution < -0.4 is 0 Å². The van der Waals surface area contributed by atoms with Gasteiger partial charge in [-0.15, -0.1) is 0 Å². The summed E-state index contributed by atoms with van der Waals surface area (Å²) in [5.41, 5.74) is 0.423. The highest BCUT2D eigenvalue weighted by molar-refractivity contribution is 4.65. The van der Waals surface area contributed by atoms with Gasteiger partial charge in [0.25, 0.3) is 0 Å². The van der Waals surface area contributed by atoms with Gasteiger partial charge in [0, 0.05) is 13.2 Å². The summed E-state index contributed by atoms with van der Waals surface area (Å²) < 4.78 is 0. The van der Waals surface area contributed by atoms with Crippen molar-refractivity contribution in [1.82, 2.24) is 4.90 Å². The minimum atomic E-state index is 0.312. The fourth-order valence-electron chi connectivity index (χ4n) is 1.22. The zero-order chi connectivity index (χ0) is 10.3. The second-order valence-electron chi connectivity index (χ2n) is 4.82. The molecule has 0 amide bonds. The van der Waals surface area contributed by atoms with Crippen molar-refractivity contribution in [3.8, 4) is 0 Å². The summed E-state index contributed by atoms with van der Waals surface area (Å²) in [4.78, 5) is 2.40. The number of hydrogen-bond acceptors (Lipinski definition) is 2. The highest BCUT2D eigenvalue weighted by Crippen LogP contribution is 2.18. The summed E-state index contributed by atoms with van der Waals surface area (Å²) in [6.45, 7) is 12.6. The Balaban J connectivity index is 3.59. The first-order chi connectivity index (χ1) is 5.99. The standard InChI is InChI=1S/C11H25NO/c1-5-12(8-6-10-13)9-7-11(2,3)4/h13H,5-10H2,1-4H3. The highest BCUT2D eigenvalue weighted by atomic mass is 16.3. The van der Waals surface area contributed by atoms with E-state index in [2.05, 4.69) is 32.6 Å². The molecule has 0 saturated carbocycles. The van der Waals surface area contributed by atoms with Crippen molar-refractivity contribution in [2.75, 3.05) is 26.2 Å². The highest BCUT2D eigenvalue weighted by Gasteiger charge is 2.11. The Bertz CT molecular complexity index is 118. The average Bonchev–Trinajstić information content (AvgIpc) is 2.03. The average molecular weight is 187 g/mol. The third-order valence-corrected chi connectivity index (χ3v) is 2.26. The van der Waals surface area contributed by atoms with Crippen LogP contribution in [-0.4, -0.2) is 36.2 Å². The molecule has 0 spiro atoms. The van der Waals surface area contributed by atoms with Gasteiger partial charge < -0.3 is 10.0 Å². The maximum Gasteiger partial charge on any atom is 0.0443 e. The monoisotopic (exact) mass is 187 g/mol. The Morgan fingerprint density at radius 3 is 2.15 bits per heavy atom. The van der Waals surface area contributed by atoms with Crippen LogP contribution in [0.4, 0.5) is 0 Å². The molecule has 0 aliphatic carbocycles. The van der Waals surface area contributed by atoms with Gasteiger partial charge in [0.1, 0.15) is 0 Å². The van der Waals surface area contributed by atoms with Crippen LogP contribution >= 0.6 is 0 Å². The quantitative estimate of drug-likeness (QED) is 0.688. The lowest BCUT2D eigenvalue weighted by atomic mass is 9.92. The predicted octanol–water partition coefficient (Wildman–Crippen LogP) is 2.13. The van der Waals surface area contributed by atoms with Crippen LogP contribution in [0.2, 0.25) is 0 Å². The third-order valence-electron chi connectivity index (χ3n) is 2.26. The summed E-state index contributed by atoms with van der Waals surface area (Å²) in [6, 6.07) is 0. The van der Waals surface area contributed by atoms with Crippen LogP contribution in [0, 0.1) is 5.41 Å². The van der Waals surface area contributed by atoms with E-state index in [0.717, 1.165) is 26.1 Å². The van der Waals surface area contributed by atoms with Crippen LogP contribution in [0.15, 0.2) is 0 Å². The van der Waals surface area contributed by atoms with E-state index in [0.29, 0.717) is 12.0 Å². The van der Waals surface area contributed by atoms with Gasteiger partial charge in [0.2, 0.25) is 0 Å². The molecule has 80 valence electrons. The van der Waals surface area contributed by atoms with E-state index in [1.165, 1.54) is 6.42 Å². The van der Waals surface area contributed by atoms with Crippen molar-refractivity contribution in [2.45, 2.75) is 40.5 Å². The second-order valence-corrected chi connectivity index (χ2v) is 4.82. The summed E-state index contributed by atoms with van der Waals surface area (Å²) >= 11 is 0. The molecule has 0 aliphatic heterocycles. The maximum absolute atomic E-state index is 8.71. The number of nitrogens with zero attached hydrogens (tertiary/aromatic N) is 1. The minimum absolute atomic E-state index is 0.312. The molecule has 0 radical (unpaired) electrons. The molecule has 0 aliphatic rings. The van der Waals surface area contributed by atoms with E-state index < -0.39 is 0 Å². The van der Waals surface area contributed by atoms with Crippen LogP contribution in [0.5, 0.6) is 0 Å². The molecular formula is C11H25NO. The molecule has 0 heterocycles. The minimum Gasteiger partial charge on any atom is -0.396 e. The topological polar surface area (TPSA) is 23.5 Å². The molecule has 2 heteroatoms. The van der Waals surface area contributed by atoms with E-state index >= 15 is 0 Å². The molecule has 1 N–H and O–H groups in total. The van der Waals surface area contributed by atoms with Crippen LogP contribution in [0.25, 0.3) is 0 Å². The van der Waals surface area contributed by atoms with E-state index in [-0.39, 0.29) is 0 Å². The molecule has 0 aromatic heterocycles. The fourth-order valence-corrected chi connectivity index (χ4v) is 1.22. The van der Waals surface area contributed by atoms with Crippen molar-refractivity contribution in [2.24, 2.45) is 5.41 Å². The molecule has 0 atom stereocenters. The first-order valence-corrected chi connectivity index (χ1v) is 5.33. The van der Waals surface area contributed by atoms with Crippen molar-refractivity contribution < 1.29 is 5.11 Å². The Kier molecular flexibility index (Phi) is 6.35. The zero-order valence-electron chi connectivity index (χ0n) is 9.64. The van der Waals surface area contributed by atoms with Crippen LogP contribution in [0.3, 0.4) is 0 Å². The maximum atomic E-state index is 8.71. The zero-order valence-corrected chi connectivity index (χ0v) is 9.64. The Labute approximate surface area is 82.9 Å². The van der Waals surface area contributed by atoms with Gasteiger partial charge in [-0.2, -0.15) is 0 Å². The third kappa shape index (κ3) is 8.26. The molecule has 0 fully saturated rings. The van der Waals surface area contributed by atoms with Crippen molar-refractivity contribution in [3.63, 3.8) is 0 Å². The van der Waals surface area contributed by atoms with E-state index in [1.54, 1.807) is 0 Å². The molecule has 0 aromatic carbocycles. The van der Waals surface area contributed by atoms with Crippen molar-refractivity contribution in [1.29, 1.82) is 0 Å².